The van der Waals surface area contributed by atoms with Crippen LogP contribution >= 0.6 is 0 Å². The zero-order valence-electron chi connectivity index (χ0n) is 16.0. The highest BCUT2D eigenvalue weighted by atomic mass is 16.5. The van der Waals surface area contributed by atoms with Gasteiger partial charge >= 0.3 is 0 Å². The van der Waals surface area contributed by atoms with Crippen LogP contribution in [-0.4, -0.2) is 18.4 Å². The fraction of sp³-hybridized carbons (Fsp3) is 0.208. The summed E-state index contributed by atoms with van der Waals surface area (Å²) in [5, 5.41) is 11.0. The van der Waals surface area contributed by atoms with Gasteiger partial charge in [-0.3, -0.25) is 4.99 Å². The second kappa shape index (κ2) is 8.09. The number of methoxy groups -OCH3 is 1. The molecule has 0 aliphatic heterocycles. The third-order valence-corrected chi connectivity index (χ3v) is 4.86. The molecule has 3 heteroatoms. The molecule has 0 fully saturated rings. The van der Waals surface area contributed by atoms with E-state index in [-0.39, 0.29) is 11.2 Å². The van der Waals surface area contributed by atoms with Crippen molar-refractivity contribution in [3.05, 3.63) is 95.1 Å². The number of hydrogen-bond acceptors (Lipinski definition) is 3. The molecule has 3 rings (SSSR count). The van der Waals surface area contributed by atoms with Crippen molar-refractivity contribution >= 4 is 6.21 Å². The van der Waals surface area contributed by atoms with Crippen molar-refractivity contribution in [1.29, 1.82) is 0 Å². The average Bonchev–Trinajstić information content (AvgIpc) is 2.70. The summed E-state index contributed by atoms with van der Waals surface area (Å²) in [6.45, 7) is 4.76. The van der Waals surface area contributed by atoms with Crippen molar-refractivity contribution in [2.45, 2.75) is 25.8 Å². The summed E-state index contributed by atoms with van der Waals surface area (Å²) >= 11 is 0. The normalized spacial score (nSPS) is 11.7. The maximum atomic E-state index is 11.0. The van der Waals surface area contributed by atoms with E-state index >= 15 is 0 Å². The maximum Gasteiger partial charge on any atom is 0.128 e. The van der Waals surface area contributed by atoms with Gasteiger partial charge in [0.05, 0.1) is 13.7 Å². The van der Waals surface area contributed by atoms with Crippen LogP contribution in [0.2, 0.25) is 0 Å². The molecule has 27 heavy (non-hydrogen) atoms. The highest BCUT2D eigenvalue weighted by molar-refractivity contribution is 5.85. The Morgan fingerprint density at radius 3 is 2.22 bits per heavy atom. The van der Waals surface area contributed by atoms with Gasteiger partial charge in [-0.25, -0.2) is 0 Å². The average molecular weight is 359 g/mol. The van der Waals surface area contributed by atoms with Gasteiger partial charge in [0, 0.05) is 22.8 Å². The second-order valence-electron chi connectivity index (χ2n) is 7.06. The molecule has 0 aliphatic rings. The van der Waals surface area contributed by atoms with E-state index in [4.69, 9.17) is 4.74 Å². The minimum atomic E-state index is -0.373. The summed E-state index contributed by atoms with van der Waals surface area (Å²) in [5.74, 6) is 0.939. The quantitative estimate of drug-likeness (QED) is 0.603. The van der Waals surface area contributed by atoms with Crippen LogP contribution in [0.25, 0.3) is 0 Å². The summed E-state index contributed by atoms with van der Waals surface area (Å²) in [4.78, 5) is 4.50. The molecule has 0 saturated carbocycles. The molecule has 0 radical (unpaired) electrons. The van der Waals surface area contributed by atoms with E-state index in [0.717, 1.165) is 16.7 Å². The number of ether oxygens (including phenoxy) is 1. The summed E-state index contributed by atoms with van der Waals surface area (Å²) in [7, 11) is 1.64. The van der Waals surface area contributed by atoms with E-state index in [1.54, 1.807) is 13.3 Å². The Morgan fingerprint density at radius 2 is 1.59 bits per heavy atom. The summed E-state index contributed by atoms with van der Waals surface area (Å²) < 4.78 is 5.47. The Hall–Kier alpha value is -3.07. The van der Waals surface area contributed by atoms with Gasteiger partial charge in [0.25, 0.3) is 0 Å². The van der Waals surface area contributed by atoms with Crippen molar-refractivity contribution < 1.29 is 9.84 Å². The van der Waals surface area contributed by atoms with Gasteiger partial charge in [-0.2, -0.15) is 0 Å². The molecule has 0 unspecified atom stereocenters. The largest absolute Gasteiger partial charge is 0.507 e. The van der Waals surface area contributed by atoms with Gasteiger partial charge in [0.15, 0.2) is 0 Å². The first-order chi connectivity index (χ1) is 13.0. The van der Waals surface area contributed by atoms with Crippen LogP contribution in [0.1, 0.15) is 36.1 Å². The molecule has 0 saturated heterocycles. The van der Waals surface area contributed by atoms with Crippen molar-refractivity contribution in [2.75, 3.05) is 7.11 Å². The molecular weight excluding hydrogens is 334 g/mol. The minimum Gasteiger partial charge on any atom is -0.507 e. The number of nitrogens with zero attached hydrogens (tertiary/aromatic N) is 1. The zero-order valence-corrected chi connectivity index (χ0v) is 16.0. The number of aromatic hydroxyl groups is 1. The number of rotatable bonds is 6. The Kier molecular flexibility index (Phi) is 5.60. The van der Waals surface area contributed by atoms with Crippen molar-refractivity contribution in [1.82, 2.24) is 0 Å². The number of phenols is 1. The number of hydrogen-bond donors (Lipinski definition) is 1. The fourth-order valence-corrected chi connectivity index (χ4v) is 3.17. The predicted molar refractivity (Wildman–Crippen MR) is 111 cm³/mol. The van der Waals surface area contributed by atoms with E-state index in [2.05, 4.69) is 31.0 Å². The lowest BCUT2D eigenvalue weighted by Gasteiger charge is -2.28. The first-order valence-electron chi connectivity index (χ1n) is 9.03. The van der Waals surface area contributed by atoms with Gasteiger partial charge in [-0.15, -0.1) is 0 Å². The standard InChI is InChI=1S/C24H25NO2/c1-24(2,20-12-8-5-9-13-20)22-15-21(27-3)14-19(23(22)26)17-25-16-18-10-6-4-7-11-18/h4-15,17,26H,16H2,1-3H3. The third-order valence-electron chi connectivity index (χ3n) is 4.86. The molecule has 3 nitrogen and oxygen atoms in total. The fourth-order valence-electron chi connectivity index (χ4n) is 3.17. The molecule has 0 heterocycles. The van der Waals surface area contributed by atoms with Crippen molar-refractivity contribution in [2.24, 2.45) is 4.99 Å². The van der Waals surface area contributed by atoms with Gasteiger partial charge in [-0.1, -0.05) is 74.5 Å². The Morgan fingerprint density at radius 1 is 0.963 bits per heavy atom. The summed E-state index contributed by atoms with van der Waals surface area (Å²) in [5.41, 5.74) is 3.35. The molecule has 1 N–H and O–H groups in total. The van der Waals surface area contributed by atoms with E-state index < -0.39 is 0 Å². The Bertz CT molecular complexity index is 916. The zero-order chi connectivity index (χ0) is 19.3. The molecule has 138 valence electrons. The minimum absolute atomic E-state index is 0.237. The van der Waals surface area contributed by atoms with Crippen LogP contribution in [0, 0.1) is 0 Å². The lowest BCUT2D eigenvalue weighted by Crippen LogP contribution is -2.19. The third kappa shape index (κ3) is 4.20. The molecular formula is C24H25NO2. The second-order valence-corrected chi connectivity index (χ2v) is 7.06. The van der Waals surface area contributed by atoms with Crippen LogP contribution < -0.4 is 4.74 Å². The van der Waals surface area contributed by atoms with Crippen LogP contribution in [0.5, 0.6) is 11.5 Å². The van der Waals surface area contributed by atoms with Gasteiger partial charge in [0.1, 0.15) is 11.5 Å². The number of phenolic OH excluding ortho intramolecular Hbond substituents is 1. The van der Waals surface area contributed by atoms with Crippen LogP contribution in [-0.2, 0) is 12.0 Å². The molecule has 0 atom stereocenters. The van der Waals surface area contributed by atoms with Crippen LogP contribution in [0.3, 0.4) is 0 Å². The van der Waals surface area contributed by atoms with Crippen LogP contribution in [0.4, 0.5) is 0 Å². The van der Waals surface area contributed by atoms with Gasteiger partial charge in [0.2, 0.25) is 0 Å². The first-order valence-corrected chi connectivity index (χ1v) is 9.03. The highest BCUT2D eigenvalue weighted by Crippen LogP contribution is 2.40. The molecule has 0 aromatic heterocycles. The van der Waals surface area contributed by atoms with Crippen molar-refractivity contribution in [3.8, 4) is 11.5 Å². The Labute approximate surface area is 161 Å². The molecule has 0 aliphatic carbocycles. The molecule has 0 amide bonds. The number of aliphatic imine (C=N–C) groups is 1. The van der Waals surface area contributed by atoms with E-state index in [9.17, 15) is 5.11 Å². The topological polar surface area (TPSA) is 41.8 Å². The Balaban J connectivity index is 1.97. The maximum absolute atomic E-state index is 11.0. The van der Waals surface area contributed by atoms with E-state index in [1.807, 2.05) is 60.7 Å². The SMILES string of the molecule is COc1cc(C=NCc2ccccc2)c(O)c(C(C)(C)c2ccccc2)c1. The van der Waals surface area contributed by atoms with Gasteiger partial charge in [-0.05, 0) is 23.3 Å². The monoisotopic (exact) mass is 359 g/mol. The number of benzene rings is 3. The van der Waals surface area contributed by atoms with Gasteiger partial charge < -0.3 is 9.84 Å². The molecule has 0 bridgehead atoms. The van der Waals surface area contributed by atoms with E-state index in [1.165, 1.54) is 0 Å². The lowest BCUT2D eigenvalue weighted by molar-refractivity contribution is 0.407. The van der Waals surface area contributed by atoms with E-state index in [0.29, 0.717) is 17.9 Å². The highest BCUT2D eigenvalue weighted by Gasteiger charge is 2.28. The molecule has 0 spiro atoms. The van der Waals surface area contributed by atoms with Crippen molar-refractivity contribution in [3.63, 3.8) is 0 Å². The predicted octanol–water partition coefficient (Wildman–Crippen LogP) is 5.35. The summed E-state index contributed by atoms with van der Waals surface area (Å²) in [6.07, 6.45) is 1.72. The van der Waals surface area contributed by atoms with Crippen LogP contribution in [0.15, 0.2) is 77.8 Å². The lowest BCUT2D eigenvalue weighted by atomic mass is 9.77. The molecule has 3 aromatic carbocycles. The summed E-state index contributed by atoms with van der Waals surface area (Å²) in [6, 6.07) is 23.9. The first kappa shape index (κ1) is 18.7. The molecule has 3 aromatic rings. The smallest absolute Gasteiger partial charge is 0.128 e.